The number of fused-ring (bicyclic) bond motifs is 5. The first-order chi connectivity index (χ1) is 18.9. The first-order valence-corrected chi connectivity index (χ1v) is 13.8. The molecule has 0 bridgehead atoms. The van der Waals surface area contributed by atoms with Crippen molar-refractivity contribution in [2.24, 2.45) is 0 Å². The Morgan fingerprint density at radius 1 is 0.725 bits per heavy atom. The topological polar surface area (TPSA) is 38.9 Å². The van der Waals surface area contributed by atoms with Gasteiger partial charge in [0.2, 0.25) is 0 Å². The number of aromatic nitrogens is 2. The number of thiophene rings is 1. The molecule has 1 radical (unpaired) electrons. The molecule has 0 aliphatic carbocycles. The van der Waals surface area contributed by atoms with Crippen LogP contribution in [0.15, 0.2) is 83.5 Å². The van der Waals surface area contributed by atoms with Gasteiger partial charge in [0.15, 0.2) is 0 Å². The second-order valence-corrected chi connectivity index (χ2v) is 11.3. The fourth-order valence-corrected chi connectivity index (χ4v) is 5.65. The van der Waals surface area contributed by atoms with E-state index in [1.54, 1.807) is 0 Å². The quantitative estimate of drug-likeness (QED) is 0.167. The zero-order chi connectivity index (χ0) is 27.1. The Morgan fingerprint density at radius 2 is 1.52 bits per heavy atom. The van der Waals surface area contributed by atoms with Gasteiger partial charge >= 0.3 is 0 Å². The van der Waals surface area contributed by atoms with Crippen LogP contribution in [0.2, 0.25) is 0 Å². The Hall–Kier alpha value is -3.63. The maximum absolute atomic E-state index is 6.22. The monoisotopic (exact) mass is 717 g/mol. The summed E-state index contributed by atoms with van der Waals surface area (Å²) in [6, 6.07) is 29.4. The van der Waals surface area contributed by atoms with E-state index in [0.29, 0.717) is 0 Å². The van der Waals surface area contributed by atoms with E-state index in [1.165, 1.54) is 37.0 Å². The van der Waals surface area contributed by atoms with Crippen molar-refractivity contribution in [1.29, 1.82) is 0 Å². The van der Waals surface area contributed by atoms with E-state index in [4.69, 9.17) is 4.42 Å². The van der Waals surface area contributed by atoms with Gasteiger partial charge in [-0.2, -0.15) is 0 Å². The Labute approximate surface area is 252 Å². The third kappa shape index (κ3) is 5.38. The van der Waals surface area contributed by atoms with Crippen LogP contribution in [0.4, 0.5) is 0 Å². The van der Waals surface area contributed by atoms with Crippen molar-refractivity contribution in [2.75, 3.05) is 0 Å². The van der Waals surface area contributed by atoms with Gasteiger partial charge in [0.25, 0.3) is 0 Å². The van der Waals surface area contributed by atoms with Gasteiger partial charge < -0.3 is 14.4 Å². The minimum Gasteiger partial charge on any atom is -0.501 e. The molecule has 4 aromatic heterocycles. The molecule has 4 heterocycles. The Balaban J connectivity index is 0.000000175. The van der Waals surface area contributed by atoms with Crippen LogP contribution in [0.25, 0.3) is 54.5 Å². The summed E-state index contributed by atoms with van der Waals surface area (Å²) in [7, 11) is 0. The molecule has 3 aromatic carbocycles. The average molecular weight is 717 g/mol. The predicted octanol–water partition coefficient (Wildman–Crippen LogP) is 9.75. The van der Waals surface area contributed by atoms with Gasteiger partial charge in [0.05, 0.1) is 5.58 Å². The Bertz CT molecular complexity index is 1950. The number of benzene rings is 3. The molecule has 5 heteroatoms. The minimum absolute atomic E-state index is 0. The molecule has 7 aromatic rings. The maximum Gasteiger partial charge on any atom is 0.121 e. The molecule has 3 nitrogen and oxygen atoms in total. The Morgan fingerprint density at radius 3 is 2.25 bits per heavy atom. The summed E-state index contributed by atoms with van der Waals surface area (Å²) >= 11 is 1.82. The van der Waals surface area contributed by atoms with Crippen LogP contribution in [-0.4, -0.2) is 9.97 Å². The number of rotatable bonds is 2. The molecule has 40 heavy (non-hydrogen) atoms. The second kappa shape index (κ2) is 11.5. The minimum atomic E-state index is 0. The fraction of sp³-hybridized carbons (Fsp3) is 0.143. The predicted molar refractivity (Wildman–Crippen MR) is 163 cm³/mol. The third-order valence-corrected chi connectivity index (χ3v) is 8.02. The molecule has 7 rings (SSSR count). The van der Waals surface area contributed by atoms with Crippen LogP contribution in [0, 0.1) is 46.8 Å². The van der Waals surface area contributed by atoms with Crippen molar-refractivity contribution >= 4 is 43.4 Å². The van der Waals surface area contributed by atoms with E-state index >= 15 is 0 Å². The second-order valence-electron chi connectivity index (χ2n) is 10.1. The number of pyridine rings is 2. The summed E-state index contributed by atoms with van der Waals surface area (Å²) in [5.74, 6) is 0. The molecule has 0 N–H and O–H groups in total. The van der Waals surface area contributed by atoms with Crippen LogP contribution < -0.4 is 0 Å². The van der Waals surface area contributed by atoms with Gasteiger partial charge in [0, 0.05) is 52.8 Å². The van der Waals surface area contributed by atoms with Crippen LogP contribution in [0.3, 0.4) is 0 Å². The van der Waals surface area contributed by atoms with Crippen LogP contribution in [0.1, 0.15) is 27.1 Å². The smallest absolute Gasteiger partial charge is 0.121 e. The van der Waals surface area contributed by atoms with Crippen molar-refractivity contribution < 1.29 is 24.5 Å². The van der Waals surface area contributed by atoms with Gasteiger partial charge in [-0.15, -0.1) is 64.9 Å². The van der Waals surface area contributed by atoms with Gasteiger partial charge in [-0.25, -0.2) is 0 Å². The van der Waals surface area contributed by atoms with Crippen LogP contribution in [-0.2, 0) is 20.1 Å². The number of furan rings is 1. The fourth-order valence-electron chi connectivity index (χ4n) is 4.72. The molecule has 0 spiro atoms. The largest absolute Gasteiger partial charge is 0.501 e. The number of nitrogens with zero attached hydrogens (tertiary/aromatic N) is 2. The molecule has 0 unspecified atom stereocenters. The zero-order valence-electron chi connectivity index (χ0n) is 23.0. The third-order valence-electron chi connectivity index (χ3n) is 7.00. The molecule has 201 valence electrons. The number of aryl methyl sites for hydroxylation is 5. The van der Waals surface area contributed by atoms with Crippen molar-refractivity contribution in [3.05, 3.63) is 118 Å². The summed E-state index contributed by atoms with van der Waals surface area (Å²) in [5.41, 5.74) is 10.5. The molecule has 0 atom stereocenters. The molecule has 0 aliphatic heterocycles. The Kier molecular flexibility index (Phi) is 8.00. The van der Waals surface area contributed by atoms with Gasteiger partial charge in [-0.1, -0.05) is 41.6 Å². The van der Waals surface area contributed by atoms with E-state index in [2.05, 4.69) is 98.3 Å². The summed E-state index contributed by atoms with van der Waals surface area (Å²) in [4.78, 5) is 10.3. The molecule has 0 amide bonds. The first-order valence-electron chi connectivity index (χ1n) is 13.0. The standard InChI is InChI=1S/C21H14NOS.C14H14N.Ir/c1-12-6-7-17(22-11-12)14-4-3-5-15-20-16-10-13(2)24-19(16)9-8-18(20)23-21(14)15;1-10-4-6-13(7-5-10)14-8-11(2)12(3)9-15-14;/h3,5-11H,1-2H3;4-6,8-9H,1-3H3;/q2*-1;. The molecule has 0 fully saturated rings. The normalized spacial score (nSPS) is 10.9. The SMILES string of the molecule is Cc1c[c-]c(-c2cc(C)c(C)cn2)cc1.Cc1ccc(-c2[c-]ccc3c2oc2ccc4sc(C)cc4c23)nc1.[Ir]. The van der Waals surface area contributed by atoms with E-state index in [0.717, 1.165) is 44.6 Å². The van der Waals surface area contributed by atoms with E-state index < -0.39 is 0 Å². The summed E-state index contributed by atoms with van der Waals surface area (Å²) < 4.78 is 7.52. The zero-order valence-corrected chi connectivity index (χ0v) is 26.3. The van der Waals surface area contributed by atoms with Crippen molar-refractivity contribution in [3.8, 4) is 22.5 Å². The van der Waals surface area contributed by atoms with Crippen molar-refractivity contribution in [1.82, 2.24) is 9.97 Å². The van der Waals surface area contributed by atoms with Gasteiger partial charge in [-0.3, -0.25) is 0 Å². The first kappa shape index (κ1) is 27.9. The maximum atomic E-state index is 6.22. The average Bonchev–Trinajstić information content (AvgIpc) is 3.51. The number of hydrogen-bond acceptors (Lipinski definition) is 4. The molecular weight excluding hydrogens is 689 g/mol. The van der Waals surface area contributed by atoms with E-state index in [9.17, 15) is 0 Å². The van der Waals surface area contributed by atoms with E-state index in [1.807, 2.05) is 48.9 Å². The molecular formula is C35H28IrN2OS-2. The summed E-state index contributed by atoms with van der Waals surface area (Å²) in [6.45, 7) is 10.4. The van der Waals surface area contributed by atoms with Crippen molar-refractivity contribution in [2.45, 2.75) is 34.6 Å². The molecule has 0 saturated heterocycles. The van der Waals surface area contributed by atoms with Gasteiger partial charge in [-0.05, 0) is 68.4 Å². The summed E-state index contributed by atoms with van der Waals surface area (Å²) in [5, 5.41) is 3.58. The molecule has 0 saturated carbocycles. The summed E-state index contributed by atoms with van der Waals surface area (Å²) in [6.07, 6.45) is 3.80. The van der Waals surface area contributed by atoms with E-state index in [-0.39, 0.29) is 20.1 Å². The van der Waals surface area contributed by atoms with Crippen molar-refractivity contribution in [3.63, 3.8) is 0 Å². The van der Waals surface area contributed by atoms with Gasteiger partial charge in [0.1, 0.15) is 5.58 Å². The van der Waals surface area contributed by atoms with Crippen LogP contribution >= 0.6 is 11.3 Å². The number of hydrogen-bond donors (Lipinski definition) is 0. The van der Waals surface area contributed by atoms with Crippen LogP contribution in [0.5, 0.6) is 0 Å². The molecule has 0 aliphatic rings.